The number of benzene rings is 2. The lowest BCUT2D eigenvalue weighted by Crippen LogP contribution is -2.31. The highest BCUT2D eigenvalue weighted by Gasteiger charge is 2.30. The predicted molar refractivity (Wildman–Crippen MR) is 136 cm³/mol. The minimum Gasteiger partial charge on any atom is -0.487 e. The van der Waals surface area contributed by atoms with E-state index in [0.717, 1.165) is 16.6 Å². The molecule has 0 aliphatic carbocycles. The summed E-state index contributed by atoms with van der Waals surface area (Å²) in [6.07, 6.45) is 5.33. The number of pyridine rings is 1. The summed E-state index contributed by atoms with van der Waals surface area (Å²) in [4.78, 5) is 31.7. The molecule has 0 unspecified atom stereocenters. The second-order valence-electron chi connectivity index (χ2n) is 8.61. The number of aromatic nitrogens is 3. The van der Waals surface area contributed by atoms with Crippen molar-refractivity contribution in [2.45, 2.75) is 26.0 Å². The number of aryl methyl sites for hydroxylation is 1. The molecule has 0 radical (unpaired) electrons. The van der Waals surface area contributed by atoms with Gasteiger partial charge in [-0.3, -0.25) is 18.9 Å². The van der Waals surface area contributed by atoms with Crippen LogP contribution in [-0.2, 0) is 11.4 Å². The van der Waals surface area contributed by atoms with Crippen LogP contribution in [0.1, 0.15) is 23.6 Å². The van der Waals surface area contributed by atoms with Gasteiger partial charge in [0, 0.05) is 19.3 Å². The molecule has 3 heterocycles. The van der Waals surface area contributed by atoms with Gasteiger partial charge in [0.05, 0.1) is 34.0 Å². The summed E-state index contributed by atoms with van der Waals surface area (Å²) in [5.41, 5.74) is 4.09. The minimum atomic E-state index is -0.199. The van der Waals surface area contributed by atoms with Gasteiger partial charge in [-0.2, -0.15) is 0 Å². The largest absolute Gasteiger partial charge is 0.487 e. The zero-order chi connectivity index (χ0) is 24.5. The Morgan fingerprint density at radius 1 is 1.23 bits per heavy atom. The number of amides is 1. The SMILES string of the molecule is C=CC(=O)N1CC[C@@H](n2c(=O)n(-c3ccc(OCc4ccccc4C)c(Cl)c3)c3cnccc32)C1. The van der Waals surface area contributed by atoms with Crippen molar-refractivity contribution in [3.63, 3.8) is 0 Å². The number of imidazole rings is 1. The molecular weight excluding hydrogens is 464 g/mol. The smallest absolute Gasteiger partial charge is 0.334 e. The Hall–Kier alpha value is -3.84. The predicted octanol–water partition coefficient (Wildman–Crippen LogP) is 4.69. The number of halogens is 1. The van der Waals surface area contributed by atoms with Crippen LogP contribution in [0.25, 0.3) is 16.7 Å². The van der Waals surface area contributed by atoms with Crippen molar-refractivity contribution in [1.82, 2.24) is 19.0 Å². The number of nitrogens with zero attached hydrogens (tertiary/aromatic N) is 4. The van der Waals surface area contributed by atoms with Crippen LogP contribution in [0.4, 0.5) is 0 Å². The molecule has 1 fully saturated rings. The summed E-state index contributed by atoms with van der Waals surface area (Å²) in [5, 5.41) is 0.413. The molecule has 1 atom stereocenters. The highest BCUT2D eigenvalue weighted by molar-refractivity contribution is 6.32. The van der Waals surface area contributed by atoms with Gasteiger partial charge in [0.1, 0.15) is 12.4 Å². The van der Waals surface area contributed by atoms with E-state index in [1.807, 2.05) is 43.3 Å². The molecule has 1 saturated heterocycles. The fourth-order valence-electron chi connectivity index (χ4n) is 4.63. The fraction of sp³-hybridized carbons (Fsp3) is 0.222. The molecule has 178 valence electrons. The molecule has 2 aromatic heterocycles. The zero-order valence-corrected chi connectivity index (χ0v) is 20.1. The second kappa shape index (κ2) is 9.43. The van der Waals surface area contributed by atoms with Gasteiger partial charge >= 0.3 is 5.69 Å². The number of rotatable bonds is 6. The third-order valence-corrected chi connectivity index (χ3v) is 6.80. The summed E-state index contributed by atoms with van der Waals surface area (Å²) in [6, 6.07) is 15.0. The van der Waals surface area contributed by atoms with Crippen LogP contribution in [0.5, 0.6) is 5.75 Å². The molecule has 0 N–H and O–H groups in total. The molecule has 7 nitrogen and oxygen atoms in total. The van der Waals surface area contributed by atoms with E-state index in [1.165, 1.54) is 6.08 Å². The van der Waals surface area contributed by atoms with Crippen molar-refractivity contribution in [2.24, 2.45) is 0 Å². The number of likely N-dealkylation sites (tertiary alicyclic amines) is 1. The molecule has 8 heteroatoms. The van der Waals surface area contributed by atoms with Gasteiger partial charge in [-0.15, -0.1) is 0 Å². The molecule has 0 spiro atoms. The van der Waals surface area contributed by atoms with Crippen LogP contribution in [0.3, 0.4) is 0 Å². The van der Waals surface area contributed by atoms with Crippen molar-refractivity contribution in [2.75, 3.05) is 13.1 Å². The number of hydrogen-bond acceptors (Lipinski definition) is 4. The Bertz CT molecular complexity index is 1490. The van der Waals surface area contributed by atoms with E-state index < -0.39 is 0 Å². The molecule has 1 aliphatic heterocycles. The molecule has 0 saturated carbocycles. The Balaban J connectivity index is 1.48. The number of ether oxygens (including phenoxy) is 1. The lowest BCUT2D eigenvalue weighted by Gasteiger charge is -2.15. The van der Waals surface area contributed by atoms with E-state index >= 15 is 0 Å². The number of fused-ring (bicyclic) bond motifs is 1. The number of carbonyl (C=O) groups excluding carboxylic acids is 1. The molecule has 35 heavy (non-hydrogen) atoms. The first-order valence-electron chi connectivity index (χ1n) is 11.4. The molecule has 2 aromatic carbocycles. The van der Waals surface area contributed by atoms with Crippen LogP contribution >= 0.6 is 11.6 Å². The van der Waals surface area contributed by atoms with Gasteiger partial charge in [0.2, 0.25) is 5.91 Å². The van der Waals surface area contributed by atoms with Crippen molar-refractivity contribution in [1.29, 1.82) is 0 Å². The van der Waals surface area contributed by atoms with Crippen molar-refractivity contribution in [3.05, 3.63) is 100 Å². The van der Waals surface area contributed by atoms with Gasteiger partial charge in [-0.1, -0.05) is 42.4 Å². The topological polar surface area (TPSA) is 69.4 Å². The molecular formula is C27H25ClN4O3. The van der Waals surface area contributed by atoms with Crippen LogP contribution < -0.4 is 10.4 Å². The van der Waals surface area contributed by atoms with E-state index in [9.17, 15) is 9.59 Å². The van der Waals surface area contributed by atoms with Crippen molar-refractivity contribution >= 4 is 28.5 Å². The fourth-order valence-corrected chi connectivity index (χ4v) is 4.86. The summed E-state index contributed by atoms with van der Waals surface area (Å²) in [7, 11) is 0. The van der Waals surface area contributed by atoms with E-state index in [2.05, 4.69) is 11.6 Å². The Labute approximate surface area is 207 Å². The van der Waals surface area contributed by atoms with Gasteiger partial charge in [0.25, 0.3) is 0 Å². The molecule has 0 bridgehead atoms. The molecule has 4 aromatic rings. The van der Waals surface area contributed by atoms with Gasteiger partial charge in [-0.05, 0) is 54.8 Å². The summed E-state index contributed by atoms with van der Waals surface area (Å²) < 4.78 is 9.32. The van der Waals surface area contributed by atoms with Crippen LogP contribution in [0, 0.1) is 6.92 Å². The van der Waals surface area contributed by atoms with Crippen LogP contribution in [-0.4, -0.2) is 38.0 Å². The lowest BCUT2D eigenvalue weighted by atomic mass is 10.1. The minimum absolute atomic E-state index is 0.126. The quantitative estimate of drug-likeness (QED) is 0.369. The average Bonchev–Trinajstić information content (AvgIpc) is 3.45. The average molecular weight is 489 g/mol. The van der Waals surface area contributed by atoms with Gasteiger partial charge in [0.15, 0.2) is 0 Å². The molecule has 5 rings (SSSR count). The van der Waals surface area contributed by atoms with Crippen molar-refractivity contribution < 1.29 is 9.53 Å². The summed E-state index contributed by atoms with van der Waals surface area (Å²) in [6.45, 7) is 7.05. The standard InChI is InChI=1S/C27H25ClN4O3/c1-3-26(33)30-13-11-21(16-30)32-23-10-12-29-15-24(23)31(27(32)34)20-8-9-25(22(28)14-20)35-17-19-7-5-4-6-18(19)2/h3-10,12,14-15,21H,1,11,13,16-17H2,2H3/t21-/m1/s1. The first kappa shape index (κ1) is 22.9. The van der Waals surface area contributed by atoms with E-state index in [1.54, 1.807) is 38.6 Å². The lowest BCUT2D eigenvalue weighted by molar-refractivity contribution is -0.125. The van der Waals surface area contributed by atoms with Crippen LogP contribution in [0.2, 0.25) is 5.02 Å². The molecule has 1 aliphatic rings. The van der Waals surface area contributed by atoms with E-state index in [0.29, 0.717) is 48.1 Å². The van der Waals surface area contributed by atoms with Gasteiger partial charge in [-0.25, -0.2) is 4.79 Å². The highest BCUT2D eigenvalue weighted by atomic mass is 35.5. The van der Waals surface area contributed by atoms with Gasteiger partial charge < -0.3 is 9.64 Å². The Kier molecular flexibility index (Phi) is 6.17. The normalized spacial score (nSPS) is 15.5. The van der Waals surface area contributed by atoms with Crippen LogP contribution in [0.15, 0.2) is 78.4 Å². The first-order chi connectivity index (χ1) is 17.0. The third kappa shape index (κ3) is 4.23. The summed E-state index contributed by atoms with van der Waals surface area (Å²) >= 11 is 6.58. The third-order valence-electron chi connectivity index (χ3n) is 6.51. The van der Waals surface area contributed by atoms with Crippen molar-refractivity contribution in [3.8, 4) is 11.4 Å². The maximum absolute atomic E-state index is 13.7. The maximum atomic E-state index is 13.7. The van der Waals surface area contributed by atoms with E-state index in [-0.39, 0.29) is 17.6 Å². The summed E-state index contributed by atoms with van der Waals surface area (Å²) in [5.74, 6) is 0.418. The monoisotopic (exact) mass is 488 g/mol. The highest BCUT2D eigenvalue weighted by Crippen LogP contribution is 2.30. The Morgan fingerprint density at radius 2 is 2.06 bits per heavy atom. The molecule has 1 amide bonds. The maximum Gasteiger partial charge on any atom is 0.334 e. The Morgan fingerprint density at radius 3 is 2.83 bits per heavy atom. The van der Waals surface area contributed by atoms with E-state index in [4.69, 9.17) is 16.3 Å². The zero-order valence-electron chi connectivity index (χ0n) is 19.4. The first-order valence-corrected chi connectivity index (χ1v) is 11.8. The second-order valence-corrected chi connectivity index (χ2v) is 9.02. The number of carbonyl (C=O) groups is 1. The number of hydrogen-bond donors (Lipinski definition) is 0.